The van der Waals surface area contributed by atoms with Crippen LogP contribution in [-0.4, -0.2) is 77.6 Å². The molecule has 4 unspecified atom stereocenters. The number of piperazine rings is 1. The molecule has 3 fully saturated rings. The maximum absolute atomic E-state index is 13.5. The third kappa shape index (κ3) is 3.02. The Hall–Kier alpha value is -2.74. The highest BCUT2D eigenvalue weighted by Crippen LogP contribution is 2.50. The highest BCUT2D eigenvalue weighted by atomic mass is 16.2. The van der Waals surface area contributed by atoms with Gasteiger partial charge in [-0.15, -0.1) is 0 Å². The van der Waals surface area contributed by atoms with Crippen molar-refractivity contribution in [2.24, 2.45) is 11.8 Å². The van der Waals surface area contributed by atoms with Crippen molar-refractivity contribution >= 4 is 23.6 Å². The lowest BCUT2D eigenvalue weighted by Crippen LogP contribution is -2.56. The number of likely N-dealkylation sites (tertiary alicyclic amines) is 2. The van der Waals surface area contributed by atoms with Crippen LogP contribution in [0.4, 0.5) is 0 Å². The fourth-order valence-electron chi connectivity index (χ4n) is 5.00. The van der Waals surface area contributed by atoms with Crippen LogP contribution >= 0.6 is 0 Å². The summed E-state index contributed by atoms with van der Waals surface area (Å²) in [6.45, 7) is 5.71. The van der Waals surface area contributed by atoms with E-state index in [-0.39, 0.29) is 23.6 Å². The first-order valence-electron chi connectivity index (χ1n) is 9.99. The van der Waals surface area contributed by atoms with Gasteiger partial charge in [0.2, 0.25) is 23.6 Å². The largest absolute Gasteiger partial charge is 0.338 e. The highest BCUT2D eigenvalue weighted by Gasteiger charge is 2.64. The molecule has 1 aromatic rings. The number of nitrogens with zero attached hydrogens (tertiary/aromatic N) is 3. The van der Waals surface area contributed by atoms with Crippen molar-refractivity contribution < 1.29 is 19.2 Å². The maximum atomic E-state index is 13.5. The second-order valence-electron chi connectivity index (χ2n) is 8.09. The van der Waals surface area contributed by atoms with Gasteiger partial charge in [0.1, 0.15) is 6.04 Å². The Morgan fingerprint density at radius 1 is 1.07 bits per heavy atom. The molecule has 29 heavy (non-hydrogen) atoms. The number of benzene rings is 1. The van der Waals surface area contributed by atoms with Crippen LogP contribution in [0.2, 0.25) is 0 Å². The molecule has 4 rings (SSSR count). The molecule has 0 saturated carbocycles. The number of fused-ring (bicyclic) bond motifs is 1. The average Bonchev–Trinajstić information content (AvgIpc) is 3.17. The van der Waals surface area contributed by atoms with Crippen LogP contribution in [0.15, 0.2) is 24.3 Å². The van der Waals surface area contributed by atoms with Crippen LogP contribution in [0.1, 0.15) is 24.1 Å². The number of carbonyl (C=O) groups is 4. The van der Waals surface area contributed by atoms with Crippen LogP contribution in [-0.2, 0) is 19.2 Å². The smallest absolute Gasteiger partial charge is 0.246 e. The van der Waals surface area contributed by atoms with Gasteiger partial charge in [0, 0.05) is 40.2 Å². The Bertz CT molecular complexity index is 879. The predicted molar refractivity (Wildman–Crippen MR) is 104 cm³/mol. The molecule has 3 aliphatic rings. The zero-order chi connectivity index (χ0) is 20.9. The molecule has 0 bridgehead atoms. The summed E-state index contributed by atoms with van der Waals surface area (Å²) in [6.07, 6.45) is 0. The molecule has 3 heterocycles. The third-order valence-corrected chi connectivity index (χ3v) is 6.33. The van der Waals surface area contributed by atoms with Gasteiger partial charge in [0.15, 0.2) is 0 Å². The molecule has 4 amide bonds. The molecule has 4 atom stereocenters. The molecular weight excluding hydrogens is 372 g/mol. The summed E-state index contributed by atoms with van der Waals surface area (Å²) in [5, 5.41) is 3.20. The Morgan fingerprint density at radius 2 is 1.72 bits per heavy atom. The molecule has 3 aliphatic heterocycles. The van der Waals surface area contributed by atoms with Crippen molar-refractivity contribution in [2.45, 2.75) is 25.9 Å². The van der Waals surface area contributed by atoms with E-state index in [1.165, 1.54) is 18.9 Å². The van der Waals surface area contributed by atoms with Gasteiger partial charge in [-0.2, -0.15) is 0 Å². The van der Waals surface area contributed by atoms with Gasteiger partial charge in [-0.05, 0) is 12.5 Å². The van der Waals surface area contributed by atoms with Crippen molar-refractivity contribution in [1.82, 2.24) is 20.0 Å². The van der Waals surface area contributed by atoms with E-state index in [1.54, 1.807) is 4.90 Å². The molecule has 8 nitrogen and oxygen atoms in total. The van der Waals surface area contributed by atoms with Gasteiger partial charge in [-0.1, -0.05) is 29.8 Å². The highest BCUT2D eigenvalue weighted by molar-refractivity contribution is 6.09. The van der Waals surface area contributed by atoms with Gasteiger partial charge in [-0.3, -0.25) is 24.1 Å². The standard InChI is InChI=1S/C21H26N4O4/c1-12-5-4-6-14(11-12)17-15-16(20(28)23(3)19(15)27)18(25(17)13(2)26)21(29)24-9-7-22-8-10-24/h4-6,11,15-18,22H,7-10H2,1-3H3. The molecule has 0 aromatic heterocycles. The van der Waals surface area contributed by atoms with Crippen LogP contribution < -0.4 is 5.32 Å². The lowest BCUT2D eigenvalue weighted by Gasteiger charge is -2.36. The minimum atomic E-state index is -0.956. The van der Waals surface area contributed by atoms with E-state index < -0.39 is 23.9 Å². The van der Waals surface area contributed by atoms with E-state index in [0.29, 0.717) is 26.2 Å². The Kier molecular flexibility index (Phi) is 4.90. The minimum Gasteiger partial charge on any atom is -0.338 e. The zero-order valence-electron chi connectivity index (χ0n) is 16.9. The minimum absolute atomic E-state index is 0.247. The summed E-state index contributed by atoms with van der Waals surface area (Å²) in [4.78, 5) is 56.5. The number of nitrogens with one attached hydrogen (secondary N) is 1. The molecule has 1 aromatic carbocycles. The SMILES string of the molecule is CC(=O)N1C(C(=O)N2CCNCC2)C2C(=O)N(C)C(=O)C2C1c1cccc(C)c1. The summed E-state index contributed by atoms with van der Waals surface area (Å²) >= 11 is 0. The Balaban J connectivity index is 1.83. The van der Waals surface area contributed by atoms with Crippen molar-refractivity contribution in [3.63, 3.8) is 0 Å². The van der Waals surface area contributed by atoms with Crippen molar-refractivity contribution in [3.05, 3.63) is 35.4 Å². The first kappa shape index (κ1) is 19.6. The summed E-state index contributed by atoms with van der Waals surface area (Å²) in [6, 6.07) is 6.00. The number of hydrogen-bond acceptors (Lipinski definition) is 5. The first-order chi connectivity index (χ1) is 13.8. The molecule has 1 N–H and O–H groups in total. The number of rotatable bonds is 2. The third-order valence-electron chi connectivity index (χ3n) is 6.33. The van der Waals surface area contributed by atoms with Crippen LogP contribution in [0, 0.1) is 18.8 Å². The first-order valence-corrected chi connectivity index (χ1v) is 9.99. The van der Waals surface area contributed by atoms with E-state index in [1.807, 2.05) is 31.2 Å². The second kappa shape index (κ2) is 7.26. The molecule has 8 heteroatoms. The quantitative estimate of drug-likeness (QED) is 0.705. The average molecular weight is 398 g/mol. The number of imide groups is 1. The lowest BCUT2D eigenvalue weighted by molar-refractivity contribution is -0.150. The summed E-state index contributed by atoms with van der Waals surface area (Å²) < 4.78 is 0. The normalized spacial score (nSPS) is 29.4. The monoisotopic (exact) mass is 398 g/mol. The molecule has 0 aliphatic carbocycles. The molecule has 0 spiro atoms. The van der Waals surface area contributed by atoms with Crippen molar-refractivity contribution in [3.8, 4) is 0 Å². The number of carbonyl (C=O) groups excluding carboxylic acids is 4. The Morgan fingerprint density at radius 3 is 2.34 bits per heavy atom. The van der Waals surface area contributed by atoms with Gasteiger partial charge in [-0.25, -0.2) is 0 Å². The molecule has 3 saturated heterocycles. The van der Waals surface area contributed by atoms with E-state index in [2.05, 4.69) is 5.32 Å². The fraction of sp³-hybridized carbons (Fsp3) is 0.524. The van der Waals surface area contributed by atoms with Crippen molar-refractivity contribution in [1.29, 1.82) is 0 Å². The van der Waals surface area contributed by atoms with Gasteiger partial charge in [0.05, 0.1) is 17.9 Å². The van der Waals surface area contributed by atoms with Crippen molar-refractivity contribution in [2.75, 3.05) is 33.2 Å². The maximum Gasteiger partial charge on any atom is 0.246 e. The van der Waals surface area contributed by atoms with Crippen LogP contribution in [0.5, 0.6) is 0 Å². The Labute approximate surface area is 169 Å². The lowest BCUT2D eigenvalue weighted by atomic mass is 9.86. The van der Waals surface area contributed by atoms with E-state index >= 15 is 0 Å². The predicted octanol–water partition coefficient (Wildman–Crippen LogP) is -0.0704. The van der Waals surface area contributed by atoms with E-state index in [0.717, 1.165) is 16.0 Å². The summed E-state index contributed by atoms with van der Waals surface area (Å²) in [7, 11) is 1.46. The number of hydrogen-bond donors (Lipinski definition) is 1. The molecule has 0 radical (unpaired) electrons. The van der Waals surface area contributed by atoms with Gasteiger partial charge in [0.25, 0.3) is 0 Å². The molecular formula is C21H26N4O4. The second-order valence-corrected chi connectivity index (χ2v) is 8.09. The molecule has 154 valence electrons. The van der Waals surface area contributed by atoms with Gasteiger partial charge >= 0.3 is 0 Å². The van der Waals surface area contributed by atoms with E-state index in [4.69, 9.17) is 0 Å². The topological polar surface area (TPSA) is 90.0 Å². The number of amides is 4. The summed E-state index contributed by atoms with van der Waals surface area (Å²) in [5.41, 5.74) is 1.77. The van der Waals surface area contributed by atoms with E-state index in [9.17, 15) is 19.2 Å². The number of aryl methyl sites for hydroxylation is 1. The van der Waals surface area contributed by atoms with Crippen LogP contribution in [0.25, 0.3) is 0 Å². The zero-order valence-corrected chi connectivity index (χ0v) is 16.9. The fourth-order valence-corrected chi connectivity index (χ4v) is 5.00. The summed E-state index contributed by atoms with van der Waals surface area (Å²) in [5.74, 6) is -2.84. The van der Waals surface area contributed by atoms with Gasteiger partial charge < -0.3 is 15.1 Å². The van der Waals surface area contributed by atoms with Crippen LogP contribution in [0.3, 0.4) is 0 Å².